The van der Waals surface area contributed by atoms with Crippen LogP contribution in [-0.4, -0.2) is 43.4 Å². The van der Waals surface area contributed by atoms with E-state index in [-0.39, 0.29) is 30.0 Å². The summed E-state index contributed by atoms with van der Waals surface area (Å²) in [5.74, 6) is 0.148. The largest absolute Gasteiger partial charge is 0.496 e. The molecule has 0 aliphatic carbocycles. The second kappa shape index (κ2) is 8.31. The molecule has 6 heteroatoms. The molecular formula is C21H22FNO4. The van der Waals surface area contributed by atoms with Gasteiger partial charge in [-0.05, 0) is 42.8 Å². The predicted octanol–water partition coefficient (Wildman–Crippen LogP) is 3.18. The molecule has 0 N–H and O–H groups in total. The highest BCUT2D eigenvalue weighted by atomic mass is 19.1. The number of nitrogens with zero attached hydrogens (tertiary/aromatic N) is 1. The first-order valence-electron chi connectivity index (χ1n) is 8.80. The van der Waals surface area contributed by atoms with Crippen LogP contribution in [0, 0.1) is 5.82 Å². The van der Waals surface area contributed by atoms with Gasteiger partial charge in [0, 0.05) is 17.7 Å². The molecule has 27 heavy (non-hydrogen) atoms. The molecule has 142 valence electrons. The summed E-state index contributed by atoms with van der Waals surface area (Å²) in [5.41, 5.74) is 2.06. The van der Waals surface area contributed by atoms with E-state index in [2.05, 4.69) is 0 Å². The molecule has 0 radical (unpaired) electrons. The Balaban J connectivity index is 1.73. The smallest absolute Gasteiger partial charge is 0.227 e. The van der Waals surface area contributed by atoms with Crippen LogP contribution in [0.25, 0.3) is 0 Å². The standard InChI is InChI=1S/C21H22FNO4/c1-14(24)16-5-8-19(26-2)17(11-16)12-21(25)23-9-10-27-20(13-23)15-3-6-18(22)7-4-15/h3-8,11,20H,9-10,12-13H2,1-2H3. The van der Waals surface area contributed by atoms with Crippen LogP contribution >= 0.6 is 0 Å². The molecule has 1 heterocycles. The number of carbonyl (C=O) groups excluding carboxylic acids is 2. The third-order valence-corrected chi connectivity index (χ3v) is 4.69. The first-order valence-corrected chi connectivity index (χ1v) is 8.80. The van der Waals surface area contributed by atoms with Gasteiger partial charge in [0.05, 0.1) is 26.7 Å². The minimum absolute atomic E-state index is 0.0610. The van der Waals surface area contributed by atoms with Crippen molar-refractivity contribution in [2.45, 2.75) is 19.4 Å². The summed E-state index contributed by atoms with van der Waals surface area (Å²) < 4.78 is 24.2. The summed E-state index contributed by atoms with van der Waals surface area (Å²) >= 11 is 0. The molecular weight excluding hydrogens is 349 g/mol. The number of morpholine rings is 1. The summed E-state index contributed by atoms with van der Waals surface area (Å²) in [7, 11) is 1.54. The Kier molecular flexibility index (Phi) is 5.86. The molecule has 0 spiro atoms. The molecule has 1 aliphatic heterocycles. The van der Waals surface area contributed by atoms with Crippen LogP contribution in [0.4, 0.5) is 4.39 Å². The van der Waals surface area contributed by atoms with Gasteiger partial charge in [0.25, 0.3) is 0 Å². The average Bonchev–Trinajstić information content (AvgIpc) is 2.68. The zero-order chi connectivity index (χ0) is 19.4. The van der Waals surface area contributed by atoms with Crippen LogP contribution in [0.2, 0.25) is 0 Å². The topological polar surface area (TPSA) is 55.8 Å². The van der Waals surface area contributed by atoms with Gasteiger partial charge in [-0.25, -0.2) is 4.39 Å². The molecule has 1 unspecified atom stereocenters. The molecule has 1 fully saturated rings. The van der Waals surface area contributed by atoms with E-state index < -0.39 is 0 Å². The van der Waals surface area contributed by atoms with Crippen molar-refractivity contribution < 1.29 is 23.5 Å². The fraction of sp³-hybridized carbons (Fsp3) is 0.333. The second-order valence-electron chi connectivity index (χ2n) is 6.51. The van der Waals surface area contributed by atoms with Crippen LogP contribution in [0.5, 0.6) is 5.75 Å². The Morgan fingerprint density at radius 1 is 1.22 bits per heavy atom. The van der Waals surface area contributed by atoms with Crippen molar-refractivity contribution in [1.82, 2.24) is 4.90 Å². The third kappa shape index (κ3) is 4.52. The number of amides is 1. The fourth-order valence-corrected chi connectivity index (χ4v) is 3.17. The van der Waals surface area contributed by atoms with Crippen LogP contribution in [-0.2, 0) is 16.0 Å². The van der Waals surface area contributed by atoms with Crippen molar-refractivity contribution in [3.8, 4) is 5.75 Å². The van der Waals surface area contributed by atoms with Gasteiger partial charge in [0.2, 0.25) is 5.91 Å². The minimum atomic E-state index is -0.306. The highest BCUT2D eigenvalue weighted by Crippen LogP contribution is 2.25. The molecule has 1 aliphatic rings. The zero-order valence-corrected chi connectivity index (χ0v) is 15.4. The second-order valence-corrected chi connectivity index (χ2v) is 6.51. The lowest BCUT2D eigenvalue weighted by Gasteiger charge is -2.33. The minimum Gasteiger partial charge on any atom is -0.496 e. The lowest BCUT2D eigenvalue weighted by molar-refractivity contribution is -0.138. The van der Waals surface area contributed by atoms with Crippen LogP contribution in [0.15, 0.2) is 42.5 Å². The number of ether oxygens (including phenoxy) is 2. The summed E-state index contributed by atoms with van der Waals surface area (Å²) in [6.45, 7) is 2.80. The van der Waals surface area contributed by atoms with Gasteiger partial charge in [-0.3, -0.25) is 9.59 Å². The highest BCUT2D eigenvalue weighted by Gasteiger charge is 2.26. The van der Waals surface area contributed by atoms with Crippen LogP contribution in [0.1, 0.15) is 34.5 Å². The van der Waals surface area contributed by atoms with Crippen LogP contribution in [0.3, 0.4) is 0 Å². The van der Waals surface area contributed by atoms with E-state index in [4.69, 9.17) is 9.47 Å². The Morgan fingerprint density at radius 3 is 2.63 bits per heavy atom. The average molecular weight is 371 g/mol. The molecule has 1 amide bonds. The van der Waals surface area contributed by atoms with E-state index in [1.165, 1.54) is 26.2 Å². The fourth-order valence-electron chi connectivity index (χ4n) is 3.17. The van der Waals surface area contributed by atoms with E-state index in [0.29, 0.717) is 36.6 Å². The molecule has 5 nitrogen and oxygen atoms in total. The summed E-state index contributed by atoms with van der Waals surface area (Å²) in [6, 6.07) is 11.2. The van der Waals surface area contributed by atoms with Gasteiger partial charge < -0.3 is 14.4 Å². The van der Waals surface area contributed by atoms with Crippen LogP contribution < -0.4 is 4.74 Å². The maximum atomic E-state index is 13.1. The number of hydrogen-bond donors (Lipinski definition) is 0. The number of methoxy groups -OCH3 is 1. The van der Waals surface area contributed by atoms with Crippen molar-refractivity contribution in [3.63, 3.8) is 0 Å². The zero-order valence-electron chi connectivity index (χ0n) is 15.4. The number of rotatable bonds is 5. The molecule has 2 aromatic carbocycles. The maximum absolute atomic E-state index is 13.1. The Morgan fingerprint density at radius 2 is 1.96 bits per heavy atom. The SMILES string of the molecule is COc1ccc(C(C)=O)cc1CC(=O)N1CCOC(c2ccc(F)cc2)C1. The van der Waals surface area contributed by atoms with Crippen molar-refractivity contribution >= 4 is 11.7 Å². The molecule has 0 aromatic heterocycles. The molecule has 2 aromatic rings. The lowest BCUT2D eigenvalue weighted by Crippen LogP contribution is -2.43. The van der Waals surface area contributed by atoms with Crippen molar-refractivity contribution in [1.29, 1.82) is 0 Å². The van der Waals surface area contributed by atoms with E-state index >= 15 is 0 Å². The third-order valence-electron chi connectivity index (χ3n) is 4.69. The van der Waals surface area contributed by atoms with Gasteiger partial charge in [-0.15, -0.1) is 0 Å². The number of ketones is 1. The normalized spacial score (nSPS) is 16.9. The summed E-state index contributed by atoms with van der Waals surface area (Å²) in [6.07, 6.45) is -0.144. The number of benzene rings is 2. The van der Waals surface area contributed by atoms with E-state index in [1.807, 2.05) is 0 Å². The van der Waals surface area contributed by atoms with Gasteiger partial charge in [-0.2, -0.15) is 0 Å². The number of carbonyl (C=O) groups is 2. The molecule has 0 saturated carbocycles. The molecule has 1 saturated heterocycles. The van der Waals surface area contributed by atoms with Gasteiger partial charge >= 0.3 is 0 Å². The van der Waals surface area contributed by atoms with Crippen molar-refractivity contribution in [2.24, 2.45) is 0 Å². The van der Waals surface area contributed by atoms with E-state index in [0.717, 1.165) is 5.56 Å². The van der Waals surface area contributed by atoms with E-state index in [1.54, 1.807) is 35.2 Å². The predicted molar refractivity (Wildman–Crippen MR) is 98.4 cm³/mol. The molecule has 1 atom stereocenters. The lowest BCUT2D eigenvalue weighted by atomic mass is 10.0. The number of hydrogen-bond acceptors (Lipinski definition) is 4. The molecule has 3 rings (SSSR count). The van der Waals surface area contributed by atoms with Gasteiger partial charge in [-0.1, -0.05) is 12.1 Å². The number of Topliss-reactive ketones (excluding diaryl/α,β-unsaturated/α-hetero) is 1. The van der Waals surface area contributed by atoms with E-state index in [9.17, 15) is 14.0 Å². The first kappa shape index (κ1) is 19.0. The number of halogens is 1. The van der Waals surface area contributed by atoms with Gasteiger partial charge in [0.15, 0.2) is 5.78 Å². The Bertz CT molecular complexity index is 835. The van der Waals surface area contributed by atoms with Gasteiger partial charge in [0.1, 0.15) is 17.7 Å². The first-order chi connectivity index (χ1) is 13.0. The molecule has 0 bridgehead atoms. The Hall–Kier alpha value is -2.73. The monoisotopic (exact) mass is 371 g/mol. The quantitative estimate of drug-likeness (QED) is 0.758. The summed E-state index contributed by atoms with van der Waals surface area (Å²) in [4.78, 5) is 26.2. The Labute approximate surface area is 157 Å². The maximum Gasteiger partial charge on any atom is 0.227 e. The van der Waals surface area contributed by atoms with Crippen molar-refractivity contribution in [2.75, 3.05) is 26.8 Å². The van der Waals surface area contributed by atoms with Crippen molar-refractivity contribution in [3.05, 3.63) is 65.0 Å². The highest BCUT2D eigenvalue weighted by molar-refractivity contribution is 5.94. The summed E-state index contributed by atoms with van der Waals surface area (Å²) in [5, 5.41) is 0.